The van der Waals surface area contributed by atoms with Gasteiger partial charge in [-0.2, -0.15) is 0 Å². The zero-order valence-electron chi connectivity index (χ0n) is 11.9. The van der Waals surface area contributed by atoms with Crippen LogP contribution in [0.1, 0.15) is 26.6 Å². The summed E-state index contributed by atoms with van der Waals surface area (Å²) >= 11 is 0. The van der Waals surface area contributed by atoms with E-state index in [1.165, 1.54) is 13.0 Å². The summed E-state index contributed by atoms with van der Waals surface area (Å²) in [5.74, 6) is -3.73. The van der Waals surface area contributed by atoms with Crippen LogP contribution in [0.5, 0.6) is 0 Å². The lowest BCUT2D eigenvalue weighted by atomic mass is 10.1. The van der Waals surface area contributed by atoms with Gasteiger partial charge in [-0.15, -0.1) is 0 Å². The van der Waals surface area contributed by atoms with Gasteiger partial charge in [0.05, 0.1) is 16.9 Å². The Hall–Kier alpha value is -2.64. The monoisotopic (exact) mass is 313 g/mol. The fourth-order valence-electron chi connectivity index (χ4n) is 1.90. The fourth-order valence-corrected chi connectivity index (χ4v) is 1.90. The molecule has 0 bridgehead atoms. The summed E-state index contributed by atoms with van der Waals surface area (Å²) < 4.78 is 40.4. The lowest BCUT2D eigenvalue weighted by Gasteiger charge is -2.14. The number of aryl methyl sites for hydroxylation is 1. The van der Waals surface area contributed by atoms with Crippen LogP contribution in [0.4, 0.5) is 30.5 Å². The van der Waals surface area contributed by atoms with Gasteiger partial charge in [0.25, 0.3) is 5.92 Å². The molecule has 0 aliphatic rings. The Morgan fingerprint density at radius 3 is 2.64 bits per heavy atom. The molecule has 0 aliphatic heterocycles. The molecule has 22 heavy (non-hydrogen) atoms. The summed E-state index contributed by atoms with van der Waals surface area (Å²) in [6.45, 7) is 2.17. The Morgan fingerprint density at radius 1 is 1.41 bits per heavy atom. The fraction of sp³-hybridized carbons (Fsp3) is 0.214. The number of benzene rings is 1. The van der Waals surface area contributed by atoms with Crippen molar-refractivity contribution in [2.75, 3.05) is 11.1 Å². The van der Waals surface area contributed by atoms with Gasteiger partial charge >= 0.3 is 0 Å². The molecule has 2 rings (SSSR count). The Balaban J connectivity index is 0.00000264. The second-order valence-electron chi connectivity index (χ2n) is 4.81. The zero-order valence-corrected chi connectivity index (χ0v) is 11.9. The second kappa shape index (κ2) is 5.63. The SMILES string of the molecule is Cc1nc(Nc2cc(N)c(C=N)cc2F)ncc1C(C)(F)F.[HH].[HH]. The van der Waals surface area contributed by atoms with Crippen molar-refractivity contribution < 1.29 is 16.0 Å². The molecule has 0 saturated carbocycles. The van der Waals surface area contributed by atoms with Crippen molar-refractivity contribution >= 4 is 23.5 Å². The first-order chi connectivity index (χ1) is 10.2. The average molecular weight is 313 g/mol. The van der Waals surface area contributed by atoms with Crippen LogP contribution in [0, 0.1) is 18.2 Å². The molecule has 0 spiro atoms. The van der Waals surface area contributed by atoms with E-state index in [0.717, 1.165) is 25.4 Å². The van der Waals surface area contributed by atoms with E-state index in [2.05, 4.69) is 15.3 Å². The molecule has 1 heterocycles. The van der Waals surface area contributed by atoms with Gasteiger partial charge in [0.1, 0.15) is 5.82 Å². The highest BCUT2D eigenvalue weighted by Gasteiger charge is 2.27. The van der Waals surface area contributed by atoms with Crippen molar-refractivity contribution in [2.45, 2.75) is 19.8 Å². The van der Waals surface area contributed by atoms with Crippen LogP contribution < -0.4 is 11.1 Å². The Morgan fingerprint density at radius 2 is 2.09 bits per heavy atom. The van der Waals surface area contributed by atoms with Crippen LogP contribution in [0.3, 0.4) is 0 Å². The van der Waals surface area contributed by atoms with Gasteiger partial charge < -0.3 is 16.5 Å². The average Bonchev–Trinajstić information content (AvgIpc) is 2.41. The maximum absolute atomic E-state index is 13.9. The summed E-state index contributed by atoms with van der Waals surface area (Å²) in [7, 11) is 0. The predicted molar refractivity (Wildman–Crippen MR) is 82.5 cm³/mol. The second-order valence-corrected chi connectivity index (χ2v) is 4.81. The molecule has 0 aliphatic carbocycles. The molecule has 0 amide bonds. The third-order valence-electron chi connectivity index (χ3n) is 3.03. The minimum atomic E-state index is -3.05. The lowest BCUT2D eigenvalue weighted by molar-refractivity contribution is 0.0160. The largest absolute Gasteiger partial charge is 0.398 e. The number of halogens is 3. The number of nitrogens with one attached hydrogen (secondary N) is 2. The van der Waals surface area contributed by atoms with Crippen molar-refractivity contribution in [2.24, 2.45) is 0 Å². The zero-order chi connectivity index (χ0) is 16.5. The van der Waals surface area contributed by atoms with E-state index in [1.54, 1.807) is 0 Å². The summed E-state index contributed by atoms with van der Waals surface area (Å²) in [4.78, 5) is 7.65. The van der Waals surface area contributed by atoms with Crippen LogP contribution in [-0.2, 0) is 5.92 Å². The number of nitrogens with zero attached hydrogens (tertiary/aromatic N) is 2. The highest BCUT2D eigenvalue weighted by Crippen LogP contribution is 2.29. The van der Waals surface area contributed by atoms with E-state index in [9.17, 15) is 13.2 Å². The van der Waals surface area contributed by atoms with Crippen molar-refractivity contribution in [3.8, 4) is 0 Å². The summed E-state index contributed by atoms with van der Waals surface area (Å²) in [6, 6.07) is 2.38. The molecule has 8 heteroatoms. The Bertz CT molecular complexity index is 735. The van der Waals surface area contributed by atoms with Gasteiger partial charge in [0, 0.05) is 33.4 Å². The van der Waals surface area contributed by atoms with Crippen LogP contribution >= 0.6 is 0 Å². The van der Waals surface area contributed by atoms with E-state index in [4.69, 9.17) is 11.1 Å². The minimum Gasteiger partial charge on any atom is -0.398 e. The quantitative estimate of drug-likeness (QED) is 0.591. The number of rotatable bonds is 4. The van der Waals surface area contributed by atoms with E-state index in [-0.39, 0.29) is 37.0 Å². The van der Waals surface area contributed by atoms with Crippen molar-refractivity contribution in [3.63, 3.8) is 0 Å². The van der Waals surface area contributed by atoms with Crippen molar-refractivity contribution in [1.29, 1.82) is 5.41 Å². The van der Waals surface area contributed by atoms with Crippen LogP contribution in [0.15, 0.2) is 18.3 Å². The standard InChI is InChI=1S/C14H14F3N5.2H2/c1-7-9(14(2,16)17)6-20-13(21-7)22-12-4-11(19)8(5-18)3-10(12)15;;/h3-6,18H,19H2,1-2H3,(H,20,21,22);2*1H. The van der Waals surface area contributed by atoms with Gasteiger partial charge in [-0.25, -0.2) is 23.1 Å². The van der Waals surface area contributed by atoms with Crippen LogP contribution in [0.2, 0.25) is 0 Å². The van der Waals surface area contributed by atoms with Gasteiger partial charge in [-0.1, -0.05) is 0 Å². The molecule has 1 aromatic carbocycles. The van der Waals surface area contributed by atoms with E-state index >= 15 is 0 Å². The molecule has 1 aromatic heterocycles. The first-order valence-electron chi connectivity index (χ1n) is 6.31. The molecule has 0 radical (unpaired) electrons. The number of nitrogens with two attached hydrogens (primary N) is 1. The molecule has 120 valence electrons. The lowest BCUT2D eigenvalue weighted by Crippen LogP contribution is -2.12. The molecular weight excluding hydrogens is 295 g/mol. The summed E-state index contributed by atoms with van der Waals surface area (Å²) in [5.41, 5.74) is 5.90. The Kier molecular flexibility index (Phi) is 4.03. The van der Waals surface area contributed by atoms with Gasteiger partial charge in [0.2, 0.25) is 5.95 Å². The Labute approximate surface area is 127 Å². The highest BCUT2D eigenvalue weighted by atomic mass is 19.3. The first-order valence-corrected chi connectivity index (χ1v) is 6.31. The third-order valence-corrected chi connectivity index (χ3v) is 3.03. The molecule has 0 atom stereocenters. The number of anilines is 3. The molecule has 2 aromatic rings. The number of hydrogen-bond donors (Lipinski definition) is 3. The third kappa shape index (κ3) is 3.16. The maximum Gasteiger partial charge on any atom is 0.273 e. The van der Waals surface area contributed by atoms with E-state index in [1.807, 2.05) is 0 Å². The summed E-state index contributed by atoms with van der Waals surface area (Å²) in [5, 5.41) is 9.68. The molecular formula is C14H18F3N5. The molecule has 0 unspecified atom stereocenters. The number of aromatic nitrogens is 2. The minimum absolute atomic E-state index is 0. The van der Waals surface area contributed by atoms with Crippen LogP contribution in [-0.4, -0.2) is 16.2 Å². The molecule has 5 nitrogen and oxygen atoms in total. The number of nitrogen functional groups attached to an aromatic ring is 1. The topological polar surface area (TPSA) is 87.7 Å². The summed E-state index contributed by atoms with van der Waals surface area (Å²) in [6.07, 6.45) is 1.93. The van der Waals surface area contributed by atoms with Gasteiger partial charge in [-0.05, 0) is 19.1 Å². The molecule has 4 N–H and O–H groups in total. The molecule has 0 saturated heterocycles. The first kappa shape index (κ1) is 15.7. The predicted octanol–water partition coefficient (Wildman–Crippen LogP) is 3.85. The molecule has 0 fully saturated rings. The normalized spacial score (nSPS) is 11.3. The highest BCUT2D eigenvalue weighted by molar-refractivity contribution is 5.86. The van der Waals surface area contributed by atoms with E-state index < -0.39 is 11.7 Å². The number of hydrogen-bond acceptors (Lipinski definition) is 5. The van der Waals surface area contributed by atoms with Gasteiger partial charge in [-0.3, -0.25) is 0 Å². The van der Waals surface area contributed by atoms with Gasteiger partial charge in [0.15, 0.2) is 0 Å². The number of alkyl halides is 2. The smallest absolute Gasteiger partial charge is 0.273 e. The van der Waals surface area contributed by atoms with Crippen molar-refractivity contribution in [1.82, 2.24) is 9.97 Å². The van der Waals surface area contributed by atoms with Crippen LogP contribution in [0.25, 0.3) is 0 Å². The van der Waals surface area contributed by atoms with Crippen molar-refractivity contribution in [3.05, 3.63) is 41.0 Å². The maximum atomic E-state index is 13.9. The van der Waals surface area contributed by atoms with E-state index in [0.29, 0.717) is 0 Å².